The molecule has 11 atom stereocenters. The lowest BCUT2D eigenvalue weighted by Crippen LogP contribution is -2.66. The minimum Gasteiger partial charge on any atom is -0.465 e. The van der Waals surface area contributed by atoms with Crippen LogP contribution in [-0.4, -0.2) is 50.2 Å². The number of fused-ring (bicyclic) bond motifs is 5. The molecule has 4 rings (SSSR count). The summed E-state index contributed by atoms with van der Waals surface area (Å²) < 4.78 is 18.1. The molecule has 0 spiro atoms. The molecule has 0 amide bonds. The third kappa shape index (κ3) is 4.87. The molecule has 1 unspecified atom stereocenters. The van der Waals surface area contributed by atoms with Crippen LogP contribution in [0.4, 0.5) is 0 Å². The van der Waals surface area contributed by atoms with Gasteiger partial charge >= 0.3 is 5.97 Å². The Balaban J connectivity index is 1.78. The molecule has 1 N–H and O–H groups in total. The van der Waals surface area contributed by atoms with Gasteiger partial charge < -0.3 is 19.3 Å². The number of carbonyl (C=O) groups excluding carboxylic acids is 1. The summed E-state index contributed by atoms with van der Waals surface area (Å²) in [4.78, 5) is 14.2. The number of hydrogen-bond acceptors (Lipinski definition) is 5. The Morgan fingerprint density at radius 2 is 1.71 bits per heavy atom. The maximum Gasteiger partial charge on any atom is 0.310 e. The first-order valence-corrected chi connectivity index (χ1v) is 16.7. The molecule has 41 heavy (non-hydrogen) atoms. The van der Waals surface area contributed by atoms with E-state index in [-0.39, 0.29) is 45.1 Å². The summed E-state index contributed by atoms with van der Waals surface area (Å²) in [6.07, 6.45) is 8.85. The van der Waals surface area contributed by atoms with Crippen LogP contribution in [0.2, 0.25) is 0 Å². The Morgan fingerprint density at radius 3 is 2.32 bits per heavy atom. The summed E-state index contributed by atoms with van der Waals surface area (Å²) in [7, 11) is 1.68. The molecule has 1 heterocycles. The van der Waals surface area contributed by atoms with Gasteiger partial charge in [0.05, 0.1) is 37.9 Å². The highest BCUT2D eigenvalue weighted by Gasteiger charge is 2.69. The quantitative estimate of drug-likeness (QED) is 0.173. The number of allylic oxidation sites excluding steroid dienone is 1. The monoisotopic (exact) mass is 574 g/mol. The van der Waals surface area contributed by atoms with Crippen molar-refractivity contribution < 1.29 is 24.1 Å². The largest absolute Gasteiger partial charge is 0.465 e. The van der Waals surface area contributed by atoms with Crippen LogP contribution in [0.1, 0.15) is 114 Å². The van der Waals surface area contributed by atoms with Crippen molar-refractivity contribution in [3.63, 3.8) is 0 Å². The molecule has 5 heteroatoms. The highest BCUT2D eigenvalue weighted by molar-refractivity contribution is 5.75. The van der Waals surface area contributed by atoms with E-state index in [1.54, 1.807) is 7.11 Å². The van der Waals surface area contributed by atoms with Crippen LogP contribution >= 0.6 is 0 Å². The smallest absolute Gasteiger partial charge is 0.310 e. The first-order valence-electron chi connectivity index (χ1n) is 16.7. The highest BCUT2D eigenvalue weighted by atomic mass is 16.5. The average molecular weight is 575 g/mol. The molecule has 0 aromatic heterocycles. The standard InChI is InChI=1S/C36H62O5/c1-12-13-20-41-31(38)29-32(6,24(4)23(2)3)18-19-35(9)27-14-15-28-33(7,26(27)16-17-36(29,35)10)21-40-22-34(28,8)30(37)25(5)39-11/h16,23-25,27-30,37H,12-15,17-22H2,1-11H3/t24-,25-,27+,28-,29-,30+,32-,33+,34?,35-,36+/m1/s1. The number of ether oxygens (including phenoxy) is 3. The molecule has 2 saturated carbocycles. The Hall–Kier alpha value is -0.910. The second kappa shape index (κ2) is 11.5. The normalized spacial score (nSPS) is 44.6. The maximum absolute atomic E-state index is 14.2. The van der Waals surface area contributed by atoms with Crippen LogP contribution in [0, 0.1) is 56.7 Å². The van der Waals surface area contributed by atoms with Crippen LogP contribution < -0.4 is 0 Å². The number of carbonyl (C=O) groups is 1. The zero-order valence-electron chi connectivity index (χ0n) is 28.3. The fourth-order valence-electron chi connectivity index (χ4n) is 10.7. The molecule has 5 nitrogen and oxygen atoms in total. The van der Waals surface area contributed by atoms with Crippen molar-refractivity contribution in [3.05, 3.63) is 11.6 Å². The summed E-state index contributed by atoms with van der Waals surface area (Å²) in [5.41, 5.74) is 0.701. The zero-order valence-corrected chi connectivity index (χ0v) is 28.3. The minimum absolute atomic E-state index is 0.0119. The van der Waals surface area contributed by atoms with Crippen LogP contribution in [0.25, 0.3) is 0 Å². The first-order chi connectivity index (χ1) is 19.1. The molecular weight excluding hydrogens is 512 g/mol. The summed E-state index contributed by atoms with van der Waals surface area (Å²) in [6.45, 7) is 24.8. The van der Waals surface area contributed by atoms with Crippen molar-refractivity contribution in [3.8, 4) is 0 Å². The van der Waals surface area contributed by atoms with Gasteiger partial charge in [-0.25, -0.2) is 0 Å². The molecule has 0 aromatic carbocycles. The van der Waals surface area contributed by atoms with Gasteiger partial charge in [0.1, 0.15) is 0 Å². The predicted molar refractivity (Wildman–Crippen MR) is 165 cm³/mol. The van der Waals surface area contributed by atoms with Crippen LogP contribution in [0.5, 0.6) is 0 Å². The van der Waals surface area contributed by atoms with Crippen LogP contribution in [0.3, 0.4) is 0 Å². The molecule has 1 aliphatic heterocycles. The molecule has 4 aliphatic rings. The summed E-state index contributed by atoms with van der Waals surface area (Å²) >= 11 is 0. The second-order valence-electron chi connectivity index (χ2n) is 16.2. The van der Waals surface area contributed by atoms with Gasteiger partial charge in [0.25, 0.3) is 0 Å². The van der Waals surface area contributed by atoms with Gasteiger partial charge in [0, 0.05) is 17.9 Å². The number of aliphatic hydroxyl groups is 1. The van der Waals surface area contributed by atoms with Crippen molar-refractivity contribution in [1.29, 1.82) is 0 Å². The van der Waals surface area contributed by atoms with Gasteiger partial charge in [-0.05, 0) is 85.4 Å². The summed E-state index contributed by atoms with van der Waals surface area (Å²) in [5, 5.41) is 11.5. The molecule has 236 valence electrons. The van der Waals surface area contributed by atoms with E-state index in [1.165, 1.54) is 5.57 Å². The highest BCUT2D eigenvalue weighted by Crippen LogP contribution is 2.73. The predicted octanol–water partition coefficient (Wildman–Crippen LogP) is 7.85. The Kier molecular flexibility index (Phi) is 9.29. The van der Waals surface area contributed by atoms with E-state index in [0.29, 0.717) is 43.5 Å². The van der Waals surface area contributed by atoms with E-state index in [2.05, 4.69) is 68.4 Å². The van der Waals surface area contributed by atoms with Crippen molar-refractivity contribution in [2.45, 2.75) is 126 Å². The first kappa shape index (κ1) is 33.0. The third-order valence-electron chi connectivity index (χ3n) is 14.0. The van der Waals surface area contributed by atoms with Gasteiger partial charge in [0.15, 0.2) is 0 Å². The fraction of sp³-hybridized carbons (Fsp3) is 0.917. The van der Waals surface area contributed by atoms with Gasteiger partial charge in [-0.2, -0.15) is 0 Å². The molecule has 0 aromatic rings. The van der Waals surface area contributed by atoms with Crippen molar-refractivity contribution in [2.24, 2.45) is 56.7 Å². The fourth-order valence-corrected chi connectivity index (χ4v) is 10.7. The van der Waals surface area contributed by atoms with Gasteiger partial charge in [-0.15, -0.1) is 0 Å². The number of unbranched alkanes of at least 4 members (excludes halogenated alkanes) is 1. The van der Waals surface area contributed by atoms with E-state index < -0.39 is 6.10 Å². The number of hydrogen-bond donors (Lipinski definition) is 1. The van der Waals surface area contributed by atoms with Crippen molar-refractivity contribution in [1.82, 2.24) is 0 Å². The summed E-state index contributed by atoms with van der Waals surface area (Å²) in [6, 6.07) is 0. The van der Waals surface area contributed by atoms with E-state index in [9.17, 15) is 9.90 Å². The Morgan fingerprint density at radius 1 is 1.02 bits per heavy atom. The third-order valence-corrected chi connectivity index (χ3v) is 14.0. The maximum atomic E-state index is 14.2. The number of methoxy groups -OCH3 is 1. The Bertz CT molecular complexity index is 990. The lowest BCUT2D eigenvalue weighted by atomic mass is 9.35. The summed E-state index contributed by atoms with van der Waals surface area (Å²) in [5.74, 6) is 1.53. The minimum atomic E-state index is -0.589. The van der Waals surface area contributed by atoms with Gasteiger partial charge in [-0.1, -0.05) is 80.4 Å². The van der Waals surface area contributed by atoms with E-state index >= 15 is 0 Å². The second-order valence-corrected chi connectivity index (χ2v) is 16.2. The lowest BCUT2D eigenvalue weighted by Gasteiger charge is -2.69. The van der Waals surface area contributed by atoms with E-state index in [0.717, 1.165) is 44.9 Å². The SMILES string of the molecule is CCCCOC(=O)[C@@H]1[C@@](C)([C@H](C)C(C)C)CC[C@]2(C)[C@H]3CC[C@H]4C(C)([C@@H](O)[C@@H](C)OC)COC[C@@]4(C)C3=CC[C@@]12C. The van der Waals surface area contributed by atoms with Gasteiger partial charge in [-0.3, -0.25) is 4.79 Å². The van der Waals surface area contributed by atoms with Crippen molar-refractivity contribution in [2.75, 3.05) is 26.9 Å². The zero-order chi connectivity index (χ0) is 30.6. The molecular formula is C36H62O5. The lowest BCUT2D eigenvalue weighted by molar-refractivity contribution is -0.217. The average Bonchev–Trinajstić information content (AvgIpc) is 2.92. The Labute approximate surface area is 251 Å². The van der Waals surface area contributed by atoms with Crippen LogP contribution in [-0.2, 0) is 19.0 Å². The number of rotatable bonds is 9. The van der Waals surface area contributed by atoms with E-state index in [4.69, 9.17) is 14.2 Å². The number of aliphatic hydroxyl groups excluding tert-OH is 1. The molecule has 3 aliphatic carbocycles. The molecule has 1 saturated heterocycles. The van der Waals surface area contributed by atoms with Crippen LogP contribution in [0.15, 0.2) is 11.6 Å². The van der Waals surface area contributed by atoms with Crippen molar-refractivity contribution >= 4 is 5.97 Å². The van der Waals surface area contributed by atoms with E-state index in [1.807, 2.05) is 6.92 Å². The molecule has 3 fully saturated rings. The van der Waals surface area contributed by atoms with Gasteiger partial charge in [0.2, 0.25) is 0 Å². The number of esters is 1. The topological polar surface area (TPSA) is 65.0 Å². The molecule has 0 radical (unpaired) electrons. The molecule has 0 bridgehead atoms.